The summed E-state index contributed by atoms with van der Waals surface area (Å²) in [6.45, 7) is 4.68. The molecule has 0 bridgehead atoms. The zero-order valence-electron chi connectivity index (χ0n) is 15.2. The van der Waals surface area contributed by atoms with Gasteiger partial charge in [-0.3, -0.25) is 4.90 Å². The van der Waals surface area contributed by atoms with Crippen LogP contribution in [0.2, 0.25) is 0 Å². The lowest BCUT2D eigenvalue weighted by atomic mass is 10.1. The third-order valence-electron chi connectivity index (χ3n) is 4.93. The smallest absolute Gasteiger partial charge is 0.416 e. The summed E-state index contributed by atoms with van der Waals surface area (Å²) in [7, 11) is 0. The van der Waals surface area contributed by atoms with Crippen LogP contribution in [-0.2, 0) is 6.18 Å². The summed E-state index contributed by atoms with van der Waals surface area (Å²) in [6.07, 6.45) is -4.33. The summed E-state index contributed by atoms with van der Waals surface area (Å²) < 4.78 is 44.7. The summed E-state index contributed by atoms with van der Waals surface area (Å²) >= 11 is 1.54. The second-order valence-corrected chi connectivity index (χ2v) is 7.62. The van der Waals surface area contributed by atoms with Crippen LogP contribution in [0.1, 0.15) is 24.4 Å². The molecule has 1 aromatic carbocycles. The van der Waals surface area contributed by atoms with Gasteiger partial charge in [-0.05, 0) is 36.6 Å². The van der Waals surface area contributed by atoms with Gasteiger partial charge < -0.3 is 9.32 Å². The lowest BCUT2D eigenvalue weighted by molar-refractivity contribution is -0.137. The largest absolute Gasteiger partial charge is 0.418 e. The third kappa shape index (κ3) is 3.90. The highest BCUT2D eigenvalue weighted by Gasteiger charge is 2.31. The number of hydrogen-bond donors (Lipinski definition) is 0. The van der Waals surface area contributed by atoms with Gasteiger partial charge in [-0.1, -0.05) is 12.1 Å². The number of hydrogen-bond acceptors (Lipinski definition) is 6. The van der Waals surface area contributed by atoms with E-state index in [1.165, 1.54) is 12.1 Å². The van der Waals surface area contributed by atoms with Crippen molar-refractivity contribution in [1.29, 1.82) is 0 Å². The molecule has 0 aliphatic carbocycles. The molecule has 0 N–H and O–H groups in total. The van der Waals surface area contributed by atoms with E-state index in [1.807, 2.05) is 29.3 Å². The maximum absolute atomic E-state index is 12.9. The molecular formula is C19H19F3N4OS. The van der Waals surface area contributed by atoms with E-state index in [1.54, 1.807) is 17.4 Å². The maximum Gasteiger partial charge on any atom is 0.416 e. The Balaban J connectivity index is 1.40. The van der Waals surface area contributed by atoms with Crippen LogP contribution in [0.5, 0.6) is 0 Å². The highest BCUT2D eigenvalue weighted by Crippen LogP contribution is 2.32. The summed E-state index contributed by atoms with van der Waals surface area (Å²) in [6, 6.07) is 9.30. The molecule has 3 aromatic rings. The number of anilines is 1. The first-order chi connectivity index (χ1) is 13.4. The molecule has 3 heterocycles. The highest BCUT2D eigenvalue weighted by molar-refractivity contribution is 7.13. The molecule has 1 atom stereocenters. The van der Waals surface area contributed by atoms with Crippen LogP contribution in [0.25, 0.3) is 10.8 Å². The fourth-order valence-electron chi connectivity index (χ4n) is 3.31. The minimum Gasteiger partial charge on any atom is -0.418 e. The van der Waals surface area contributed by atoms with Crippen molar-refractivity contribution in [2.24, 2.45) is 0 Å². The van der Waals surface area contributed by atoms with Gasteiger partial charge in [0.2, 0.25) is 5.89 Å². The average Bonchev–Trinajstić information content (AvgIpc) is 3.39. The normalized spacial score (nSPS) is 17.1. The molecular weight excluding hydrogens is 389 g/mol. The molecule has 0 amide bonds. The Kier molecular flexibility index (Phi) is 5.11. The molecule has 0 radical (unpaired) electrons. The van der Waals surface area contributed by atoms with E-state index in [4.69, 9.17) is 4.42 Å². The first-order valence-electron chi connectivity index (χ1n) is 8.95. The molecule has 9 heteroatoms. The molecule has 1 aliphatic heterocycles. The van der Waals surface area contributed by atoms with Crippen molar-refractivity contribution < 1.29 is 17.6 Å². The third-order valence-corrected chi connectivity index (χ3v) is 5.79. The SMILES string of the molecule is C[C@@H](c1nnc(-c2cccs2)o1)N1CCN(c2cccc(C(F)(F)F)c2)CC1. The minimum atomic E-state index is -4.33. The number of nitrogens with zero attached hydrogens (tertiary/aromatic N) is 4. The molecule has 1 aliphatic rings. The number of benzene rings is 1. The van der Waals surface area contributed by atoms with Crippen LogP contribution >= 0.6 is 11.3 Å². The summed E-state index contributed by atoms with van der Waals surface area (Å²) in [5.74, 6) is 1.07. The second kappa shape index (κ2) is 7.56. The molecule has 0 spiro atoms. The molecule has 4 rings (SSSR count). The summed E-state index contributed by atoms with van der Waals surface area (Å²) in [5, 5.41) is 10.2. The average molecular weight is 408 g/mol. The topological polar surface area (TPSA) is 45.4 Å². The quantitative estimate of drug-likeness (QED) is 0.626. The van der Waals surface area contributed by atoms with Gasteiger partial charge in [-0.2, -0.15) is 13.2 Å². The number of halogens is 3. The van der Waals surface area contributed by atoms with Crippen molar-refractivity contribution in [2.45, 2.75) is 19.1 Å². The van der Waals surface area contributed by atoms with E-state index < -0.39 is 11.7 Å². The zero-order chi connectivity index (χ0) is 19.7. The number of aromatic nitrogens is 2. The molecule has 2 aromatic heterocycles. The van der Waals surface area contributed by atoms with E-state index in [0.29, 0.717) is 43.6 Å². The van der Waals surface area contributed by atoms with Crippen molar-refractivity contribution in [3.63, 3.8) is 0 Å². The van der Waals surface area contributed by atoms with Crippen molar-refractivity contribution in [1.82, 2.24) is 15.1 Å². The molecule has 148 valence electrons. The zero-order valence-corrected chi connectivity index (χ0v) is 16.0. The Labute approximate surface area is 164 Å². The molecule has 0 saturated carbocycles. The Morgan fingerprint density at radius 1 is 1.07 bits per heavy atom. The van der Waals surface area contributed by atoms with Gasteiger partial charge in [0, 0.05) is 31.9 Å². The van der Waals surface area contributed by atoms with Gasteiger partial charge in [-0.15, -0.1) is 21.5 Å². The van der Waals surface area contributed by atoms with Crippen LogP contribution in [0.3, 0.4) is 0 Å². The summed E-state index contributed by atoms with van der Waals surface area (Å²) in [4.78, 5) is 5.11. The Morgan fingerprint density at radius 2 is 1.86 bits per heavy atom. The Bertz CT molecular complexity index is 917. The summed E-state index contributed by atoms with van der Waals surface area (Å²) in [5.41, 5.74) is -0.0207. The van der Waals surface area contributed by atoms with Gasteiger partial charge in [0.1, 0.15) is 0 Å². The van der Waals surface area contributed by atoms with Crippen molar-refractivity contribution in [3.05, 3.63) is 53.2 Å². The van der Waals surface area contributed by atoms with E-state index >= 15 is 0 Å². The predicted molar refractivity (Wildman–Crippen MR) is 101 cm³/mol. The van der Waals surface area contributed by atoms with E-state index in [-0.39, 0.29) is 6.04 Å². The van der Waals surface area contributed by atoms with Crippen molar-refractivity contribution in [2.75, 3.05) is 31.1 Å². The van der Waals surface area contributed by atoms with Crippen LogP contribution in [0.4, 0.5) is 18.9 Å². The first kappa shape index (κ1) is 18.9. The highest BCUT2D eigenvalue weighted by atomic mass is 32.1. The van der Waals surface area contributed by atoms with E-state index in [9.17, 15) is 13.2 Å². The molecule has 28 heavy (non-hydrogen) atoms. The Hall–Kier alpha value is -2.39. The van der Waals surface area contributed by atoms with E-state index in [0.717, 1.165) is 10.9 Å². The molecule has 1 fully saturated rings. The van der Waals surface area contributed by atoms with Crippen LogP contribution < -0.4 is 4.90 Å². The lowest BCUT2D eigenvalue weighted by Crippen LogP contribution is -2.47. The van der Waals surface area contributed by atoms with Crippen molar-refractivity contribution in [3.8, 4) is 10.8 Å². The van der Waals surface area contributed by atoms with Crippen LogP contribution in [0.15, 0.2) is 46.2 Å². The van der Waals surface area contributed by atoms with Gasteiger partial charge in [0.15, 0.2) is 0 Å². The standard InChI is InChI=1S/C19H19F3N4OS/c1-13(17-23-24-18(27-17)16-6-3-11-28-16)25-7-9-26(10-8-25)15-5-2-4-14(12-15)19(20,21)22/h2-6,11-13H,7-10H2,1H3/t13-/m0/s1. The molecule has 5 nitrogen and oxygen atoms in total. The van der Waals surface area contributed by atoms with Gasteiger partial charge in [0.05, 0.1) is 16.5 Å². The van der Waals surface area contributed by atoms with Gasteiger partial charge in [0.25, 0.3) is 5.89 Å². The van der Waals surface area contributed by atoms with E-state index in [2.05, 4.69) is 15.1 Å². The minimum absolute atomic E-state index is 0.0510. The van der Waals surface area contributed by atoms with Crippen LogP contribution in [-0.4, -0.2) is 41.3 Å². The van der Waals surface area contributed by atoms with Crippen molar-refractivity contribution >= 4 is 17.0 Å². The first-order valence-corrected chi connectivity index (χ1v) is 9.83. The Morgan fingerprint density at radius 3 is 2.54 bits per heavy atom. The molecule has 1 saturated heterocycles. The fraction of sp³-hybridized carbons (Fsp3) is 0.368. The maximum atomic E-state index is 12.9. The van der Waals surface area contributed by atoms with Gasteiger partial charge in [-0.25, -0.2) is 0 Å². The van der Waals surface area contributed by atoms with Crippen LogP contribution in [0, 0.1) is 0 Å². The fourth-order valence-corrected chi connectivity index (χ4v) is 3.95. The number of piperazine rings is 1. The molecule has 0 unspecified atom stereocenters. The van der Waals surface area contributed by atoms with Gasteiger partial charge >= 0.3 is 6.18 Å². The number of thiophene rings is 1. The monoisotopic (exact) mass is 408 g/mol. The predicted octanol–water partition coefficient (Wildman–Crippen LogP) is 4.70. The lowest BCUT2D eigenvalue weighted by Gasteiger charge is -2.38. The number of alkyl halides is 3. The number of rotatable bonds is 4. The second-order valence-electron chi connectivity index (χ2n) is 6.67.